The number of H-pyrrole nitrogens is 1. The Balaban J connectivity index is 1.53. The number of nitrogens with one attached hydrogen (secondary N) is 3. The summed E-state index contributed by atoms with van der Waals surface area (Å²) in [5.74, 6) is -0.540. The number of carbonyl (C=O) groups excluding carboxylic acids is 3. The molecule has 0 aliphatic rings. The summed E-state index contributed by atoms with van der Waals surface area (Å²) in [4.78, 5) is 46.1. The average molecular weight is 470 g/mol. The molecule has 176 valence electrons. The topological polar surface area (TPSA) is 127 Å². The van der Waals surface area contributed by atoms with Gasteiger partial charge in [-0.05, 0) is 41.5 Å². The van der Waals surface area contributed by atoms with Crippen LogP contribution in [0.25, 0.3) is 17.1 Å². The van der Waals surface area contributed by atoms with Gasteiger partial charge in [-0.1, -0.05) is 54.6 Å². The van der Waals surface area contributed by atoms with E-state index in [0.717, 1.165) is 22.2 Å². The molecule has 1 heterocycles. The fraction of sp³-hybridized carbons (Fsp3) is 0.0769. The van der Waals surface area contributed by atoms with Crippen molar-refractivity contribution < 1.29 is 19.6 Å². The van der Waals surface area contributed by atoms with E-state index in [2.05, 4.69) is 15.3 Å². The van der Waals surface area contributed by atoms with Gasteiger partial charge < -0.3 is 9.88 Å². The summed E-state index contributed by atoms with van der Waals surface area (Å²) >= 11 is 0. The molecule has 4 aromatic rings. The van der Waals surface area contributed by atoms with E-state index < -0.39 is 17.8 Å². The Morgan fingerprint density at radius 3 is 2.34 bits per heavy atom. The lowest BCUT2D eigenvalue weighted by Crippen LogP contribution is -2.42. The summed E-state index contributed by atoms with van der Waals surface area (Å²) < 4.78 is 0. The van der Waals surface area contributed by atoms with Crippen LogP contribution in [0.3, 0.4) is 0 Å². The number of urea groups is 1. The molecule has 4 amide bonds. The summed E-state index contributed by atoms with van der Waals surface area (Å²) in [5.41, 5.74) is 5.10. The standard InChI is InChI=1S/C26H23N5O4/c32-24(30-35)15-14-18-10-12-19(13-11-18)16-31(17-23-27-21-8-4-5-9-22(21)28-23)26(34)29-25(33)20-6-2-1-3-7-20/h1-15,35H,16-17H2,(H,27,28)(H,30,32)(H,29,33,34)/b15-14+. The molecule has 0 aliphatic heterocycles. The van der Waals surface area contributed by atoms with Gasteiger partial charge in [0.2, 0.25) is 0 Å². The predicted molar refractivity (Wildman–Crippen MR) is 130 cm³/mol. The van der Waals surface area contributed by atoms with Crippen molar-refractivity contribution in [3.8, 4) is 0 Å². The normalized spacial score (nSPS) is 10.9. The zero-order valence-corrected chi connectivity index (χ0v) is 18.6. The minimum Gasteiger partial charge on any atom is -0.340 e. The van der Waals surface area contributed by atoms with E-state index in [4.69, 9.17) is 5.21 Å². The van der Waals surface area contributed by atoms with E-state index in [1.165, 1.54) is 16.5 Å². The second-order valence-electron chi connectivity index (χ2n) is 7.73. The number of rotatable bonds is 7. The Kier molecular flexibility index (Phi) is 7.29. The van der Waals surface area contributed by atoms with Crippen LogP contribution in [0.4, 0.5) is 4.79 Å². The third-order valence-electron chi connectivity index (χ3n) is 5.21. The van der Waals surface area contributed by atoms with Crippen molar-refractivity contribution in [2.45, 2.75) is 13.1 Å². The van der Waals surface area contributed by atoms with Gasteiger partial charge in [-0.2, -0.15) is 0 Å². The van der Waals surface area contributed by atoms with E-state index in [1.807, 2.05) is 36.4 Å². The van der Waals surface area contributed by atoms with Gasteiger partial charge in [0.05, 0.1) is 17.6 Å². The molecule has 4 N–H and O–H groups in total. The van der Waals surface area contributed by atoms with Crippen LogP contribution < -0.4 is 10.8 Å². The highest BCUT2D eigenvalue weighted by molar-refractivity contribution is 6.04. The number of amides is 4. The lowest BCUT2D eigenvalue weighted by molar-refractivity contribution is -0.124. The second kappa shape index (κ2) is 10.9. The largest absolute Gasteiger partial charge is 0.340 e. The lowest BCUT2D eigenvalue weighted by Gasteiger charge is -2.22. The van der Waals surface area contributed by atoms with Crippen molar-refractivity contribution in [3.05, 3.63) is 107 Å². The highest BCUT2D eigenvalue weighted by Gasteiger charge is 2.19. The van der Waals surface area contributed by atoms with Gasteiger partial charge in [0.15, 0.2) is 0 Å². The number of imidazole rings is 1. The van der Waals surface area contributed by atoms with Gasteiger partial charge in [0, 0.05) is 18.2 Å². The van der Waals surface area contributed by atoms with Gasteiger partial charge in [0.1, 0.15) is 5.82 Å². The monoisotopic (exact) mass is 469 g/mol. The molecule has 35 heavy (non-hydrogen) atoms. The van der Waals surface area contributed by atoms with Crippen molar-refractivity contribution in [3.63, 3.8) is 0 Å². The quantitative estimate of drug-likeness (QED) is 0.187. The summed E-state index contributed by atoms with van der Waals surface area (Å²) in [7, 11) is 0. The molecule has 9 heteroatoms. The van der Waals surface area contributed by atoms with E-state index in [1.54, 1.807) is 48.5 Å². The minimum atomic E-state index is -0.633. The maximum absolute atomic E-state index is 13.1. The van der Waals surface area contributed by atoms with Crippen LogP contribution in [0.2, 0.25) is 0 Å². The van der Waals surface area contributed by atoms with Crippen LogP contribution in [-0.4, -0.2) is 37.9 Å². The zero-order chi connectivity index (χ0) is 24.6. The Hall–Kier alpha value is -4.76. The maximum atomic E-state index is 13.1. The number of aromatic amines is 1. The molecule has 0 saturated carbocycles. The summed E-state index contributed by atoms with van der Waals surface area (Å²) in [5, 5.41) is 11.0. The second-order valence-corrected chi connectivity index (χ2v) is 7.73. The summed E-state index contributed by atoms with van der Waals surface area (Å²) in [6, 6.07) is 22.7. The Bertz CT molecular complexity index is 1330. The third kappa shape index (κ3) is 6.18. The first-order valence-corrected chi connectivity index (χ1v) is 10.8. The van der Waals surface area contributed by atoms with E-state index in [-0.39, 0.29) is 13.1 Å². The van der Waals surface area contributed by atoms with Gasteiger partial charge in [-0.3, -0.25) is 20.1 Å². The number of benzene rings is 3. The first-order valence-electron chi connectivity index (χ1n) is 10.8. The van der Waals surface area contributed by atoms with Crippen LogP contribution in [-0.2, 0) is 17.9 Å². The van der Waals surface area contributed by atoms with Crippen LogP contribution in [0, 0.1) is 0 Å². The average Bonchev–Trinajstić information content (AvgIpc) is 3.30. The maximum Gasteiger partial charge on any atom is 0.325 e. The molecule has 1 aromatic heterocycles. The molecule has 0 radical (unpaired) electrons. The van der Waals surface area contributed by atoms with Gasteiger partial charge in [-0.25, -0.2) is 15.3 Å². The summed E-state index contributed by atoms with van der Waals surface area (Å²) in [6.45, 7) is 0.368. The van der Waals surface area contributed by atoms with Crippen molar-refractivity contribution in [2.24, 2.45) is 0 Å². The number of carbonyl (C=O) groups is 3. The van der Waals surface area contributed by atoms with Crippen LogP contribution in [0.15, 0.2) is 84.9 Å². The molecule has 0 bridgehead atoms. The molecule has 4 rings (SSSR count). The SMILES string of the molecule is O=C(/C=C/c1ccc(CN(Cc2nc3ccccc3[nH]2)C(=O)NC(=O)c2ccccc2)cc1)NO. The molecule has 3 aromatic carbocycles. The van der Waals surface area contributed by atoms with Crippen molar-refractivity contribution in [2.75, 3.05) is 0 Å². The Morgan fingerprint density at radius 1 is 0.914 bits per heavy atom. The Labute approximate surface area is 201 Å². The number of nitrogens with zero attached hydrogens (tertiary/aromatic N) is 2. The number of hydrogen-bond donors (Lipinski definition) is 4. The van der Waals surface area contributed by atoms with Crippen LogP contribution in [0.1, 0.15) is 27.3 Å². The number of hydroxylamine groups is 1. The first kappa shape index (κ1) is 23.4. The number of hydrogen-bond acceptors (Lipinski definition) is 5. The van der Waals surface area contributed by atoms with Gasteiger partial charge >= 0.3 is 6.03 Å². The van der Waals surface area contributed by atoms with E-state index >= 15 is 0 Å². The highest BCUT2D eigenvalue weighted by Crippen LogP contribution is 2.15. The van der Waals surface area contributed by atoms with Crippen LogP contribution in [0.5, 0.6) is 0 Å². The molecule has 0 saturated heterocycles. The highest BCUT2D eigenvalue weighted by atomic mass is 16.5. The molecular formula is C26H23N5O4. The minimum absolute atomic E-state index is 0.154. The smallest absolute Gasteiger partial charge is 0.325 e. The molecule has 0 fully saturated rings. The molecule has 0 aliphatic carbocycles. The van der Waals surface area contributed by atoms with Gasteiger partial charge in [0.25, 0.3) is 11.8 Å². The molecule has 0 spiro atoms. The number of para-hydroxylation sites is 2. The fourth-order valence-electron chi connectivity index (χ4n) is 3.46. The van der Waals surface area contributed by atoms with E-state index in [0.29, 0.717) is 11.4 Å². The lowest BCUT2D eigenvalue weighted by atomic mass is 10.1. The molecule has 0 unspecified atom stereocenters. The Morgan fingerprint density at radius 2 is 1.63 bits per heavy atom. The number of imide groups is 1. The zero-order valence-electron chi connectivity index (χ0n) is 18.6. The molecule has 9 nitrogen and oxygen atoms in total. The van der Waals surface area contributed by atoms with E-state index in [9.17, 15) is 14.4 Å². The van der Waals surface area contributed by atoms with Crippen molar-refractivity contribution in [1.82, 2.24) is 25.7 Å². The predicted octanol–water partition coefficient (Wildman–Crippen LogP) is 3.63. The third-order valence-corrected chi connectivity index (χ3v) is 5.21. The van der Waals surface area contributed by atoms with Crippen molar-refractivity contribution >= 4 is 35.0 Å². The van der Waals surface area contributed by atoms with Crippen molar-refractivity contribution in [1.29, 1.82) is 0 Å². The molecular weight excluding hydrogens is 446 g/mol. The summed E-state index contributed by atoms with van der Waals surface area (Å²) in [6.07, 6.45) is 2.75. The van der Waals surface area contributed by atoms with Crippen LogP contribution >= 0.6 is 0 Å². The molecule has 0 atom stereocenters. The van der Waals surface area contributed by atoms with Gasteiger partial charge in [-0.15, -0.1) is 0 Å². The fourth-order valence-corrected chi connectivity index (χ4v) is 3.46. The number of fused-ring (bicyclic) bond motifs is 1. The number of aromatic nitrogens is 2. The first-order chi connectivity index (χ1) is 17.0.